The summed E-state index contributed by atoms with van der Waals surface area (Å²) in [5.41, 5.74) is 3.83. The summed E-state index contributed by atoms with van der Waals surface area (Å²) >= 11 is 5.95. The van der Waals surface area contributed by atoms with Gasteiger partial charge in [-0.1, -0.05) is 57.2 Å². The predicted octanol–water partition coefficient (Wildman–Crippen LogP) is 5.69. The molecule has 0 saturated heterocycles. The molecular formula is C19H23ClO. The van der Waals surface area contributed by atoms with Gasteiger partial charge < -0.3 is 4.74 Å². The highest BCUT2D eigenvalue weighted by Crippen LogP contribution is 2.28. The summed E-state index contributed by atoms with van der Waals surface area (Å²) in [6.07, 6.45) is 1.12. The van der Waals surface area contributed by atoms with Gasteiger partial charge in [0.15, 0.2) is 0 Å². The standard InChI is InChI=1S/C19H23ClO/c1-4-19(2,3)17-9-11-18(12-10-17)21-14-16-8-6-5-7-15(16)13-20/h5-12H,4,13-14H2,1-3H3. The van der Waals surface area contributed by atoms with Crippen LogP contribution in [0, 0.1) is 0 Å². The Morgan fingerprint density at radius 2 is 1.57 bits per heavy atom. The lowest BCUT2D eigenvalue weighted by atomic mass is 9.82. The fourth-order valence-corrected chi connectivity index (χ4v) is 2.46. The van der Waals surface area contributed by atoms with Crippen molar-refractivity contribution in [2.45, 2.75) is 45.1 Å². The van der Waals surface area contributed by atoms with E-state index in [2.05, 4.69) is 51.1 Å². The van der Waals surface area contributed by atoms with E-state index < -0.39 is 0 Å². The second kappa shape index (κ2) is 7.00. The molecule has 0 aliphatic carbocycles. The number of alkyl halides is 1. The Labute approximate surface area is 132 Å². The molecule has 0 aromatic heterocycles. The van der Waals surface area contributed by atoms with E-state index in [0.29, 0.717) is 12.5 Å². The largest absolute Gasteiger partial charge is 0.489 e. The molecule has 0 spiro atoms. The summed E-state index contributed by atoms with van der Waals surface area (Å²) in [5.74, 6) is 1.42. The van der Waals surface area contributed by atoms with Crippen LogP contribution in [0.2, 0.25) is 0 Å². The number of benzene rings is 2. The van der Waals surface area contributed by atoms with Gasteiger partial charge in [-0.25, -0.2) is 0 Å². The number of hydrogen-bond acceptors (Lipinski definition) is 1. The van der Waals surface area contributed by atoms with Crippen LogP contribution in [0.4, 0.5) is 0 Å². The first-order valence-electron chi connectivity index (χ1n) is 7.43. The SMILES string of the molecule is CCC(C)(C)c1ccc(OCc2ccccc2CCl)cc1. The molecule has 0 aliphatic heterocycles. The number of ether oxygens (including phenoxy) is 1. The normalized spacial score (nSPS) is 11.4. The second-order valence-electron chi connectivity index (χ2n) is 5.95. The van der Waals surface area contributed by atoms with E-state index >= 15 is 0 Å². The average Bonchev–Trinajstić information content (AvgIpc) is 2.53. The molecule has 0 fully saturated rings. The van der Waals surface area contributed by atoms with E-state index in [1.54, 1.807) is 0 Å². The summed E-state index contributed by atoms with van der Waals surface area (Å²) in [6.45, 7) is 7.30. The molecule has 0 N–H and O–H groups in total. The van der Waals surface area contributed by atoms with Crippen molar-refractivity contribution >= 4 is 11.6 Å². The monoisotopic (exact) mass is 302 g/mol. The van der Waals surface area contributed by atoms with Gasteiger partial charge in [-0.3, -0.25) is 0 Å². The van der Waals surface area contributed by atoms with Crippen LogP contribution in [-0.2, 0) is 17.9 Å². The quantitative estimate of drug-likeness (QED) is 0.623. The van der Waals surface area contributed by atoms with Crippen molar-refractivity contribution in [2.24, 2.45) is 0 Å². The molecule has 21 heavy (non-hydrogen) atoms. The topological polar surface area (TPSA) is 9.23 Å². The van der Waals surface area contributed by atoms with E-state index in [4.69, 9.17) is 16.3 Å². The van der Waals surface area contributed by atoms with Crippen LogP contribution in [0.15, 0.2) is 48.5 Å². The van der Waals surface area contributed by atoms with Gasteiger partial charge in [-0.2, -0.15) is 0 Å². The molecule has 0 aliphatic rings. The van der Waals surface area contributed by atoms with Crippen LogP contribution >= 0.6 is 11.6 Å². The highest BCUT2D eigenvalue weighted by atomic mass is 35.5. The van der Waals surface area contributed by atoms with E-state index in [9.17, 15) is 0 Å². The van der Waals surface area contributed by atoms with Gasteiger partial charge in [0.05, 0.1) is 0 Å². The lowest BCUT2D eigenvalue weighted by Crippen LogP contribution is -2.15. The minimum Gasteiger partial charge on any atom is -0.489 e. The first kappa shape index (κ1) is 15.9. The summed E-state index contributed by atoms with van der Waals surface area (Å²) in [5, 5.41) is 0. The Hall–Kier alpha value is -1.47. The summed E-state index contributed by atoms with van der Waals surface area (Å²) in [7, 11) is 0. The van der Waals surface area contributed by atoms with Crippen molar-refractivity contribution in [3.05, 3.63) is 65.2 Å². The molecule has 2 aromatic rings. The van der Waals surface area contributed by atoms with Crippen LogP contribution in [0.25, 0.3) is 0 Å². The third-order valence-corrected chi connectivity index (χ3v) is 4.46. The van der Waals surface area contributed by atoms with E-state index in [0.717, 1.165) is 23.3 Å². The minimum atomic E-state index is 0.212. The lowest BCUT2D eigenvalue weighted by Gasteiger charge is -2.23. The predicted molar refractivity (Wildman–Crippen MR) is 90.1 cm³/mol. The molecule has 2 aromatic carbocycles. The third kappa shape index (κ3) is 4.01. The zero-order chi connectivity index (χ0) is 15.3. The molecule has 0 bridgehead atoms. The average molecular weight is 303 g/mol. The maximum atomic E-state index is 5.95. The van der Waals surface area contributed by atoms with Crippen molar-refractivity contribution < 1.29 is 4.74 Å². The maximum Gasteiger partial charge on any atom is 0.119 e. The van der Waals surface area contributed by atoms with Gasteiger partial charge >= 0.3 is 0 Å². The molecule has 0 amide bonds. The van der Waals surface area contributed by atoms with Gasteiger partial charge in [0.2, 0.25) is 0 Å². The molecule has 0 atom stereocenters. The van der Waals surface area contributed by atoms with Gasteiger partial charge in [-0.15, -0.1) is 11.6 Å². The fourth-order valence-electron chi connectivity index (χ4n) is 2.20. The Balaban J connectivity index is 2.04. The molecule has 0 saturated carbocycles. The molecule has 1 nitrogen and oxygen atoms in total. The zero-order valence-electron chi connectivity index (χ0n) is 13.0. The van der Waals surface area contributed by atoms with Crippen molar-refractivity contribution in [3.8, 4) is 5.75 Å². The van der Waals surface area contributed by atoms with Crippen LogP contribution in [-0.4, -0.2) is 0 Å². The molecule has 0 heterocycles. The van der Waals surface area contributed by atoms with Crippen LogP contribution in [0.3, 0.4) is 0 Å². The Morgan fingerprint density at radius 1 is 0.952 bits per heavy atom. The number of hydrogen-bond donors (Lipinski definition) is 0. The van der Waals surface area contributed by atoms with E-state index in [1.807, 2.05) is 18.2 Å². The Kier molecular flexibility index (Phi) is 5.30. The summed E-state index contributed by atoms with van der Waals surface area (Å²) in [6, 6.07) is 16.5. The third-order valence-electron chi connectivity index (χ3n) is 4.18. The van der Waals surface area contributed by atoms with Crippen LogP contribution in [0.1, 0.15) is 43.9 Å². The minimum absolute atomic E-state index is 0.212. The Bertz CT molecular complexity index is 572. The number of halogens is 1. The molecule has 2 heteroatoms. The first-order chi connectivity index (χ1) is 10.1. The van der Waals surface area contributed by atoms with Crippen molar-refractivity contribution in [1.29, 1.82) is 0 Å². The van der Waals surface area contributed by atoms with Gasteiger partial charge in [-0.05, 0) is 40.7 Å². The fraction of sp³-hybridized carbons (Fsp3) is 0.368. The highest BCUT2D eigenvalue weighted by molar-refractivity contribution is 6.17. The molecule has 0 unspecified atom stereocenters. The smallest absolute Gasteiger partial charge is 0.119 e. The van der Waals surface area contributed by atoms with Crippen LogP contribution in [0.5, 0.6) is 5.75 Å². The van der Waals surface area contributed by atoms with E-state index in [1.165, 1.54) is 5.56 Å². The van der Waals surface area contributed by atoms with E-state index in [-0.39, 0.29) is 5.41 Å². The van der Waals surface area contributed by atoms with Gasteiger partial charge in [0.1, 0.15) is 12.4 Å². The van der Waals surface area contributed by atoms with Crippen molar-refractivity contribution in [1.82, 2.24) is 0 Å². The first-order valence-corrected chi connectivity index (χ1v) is 7.96. The molecule has 2 rings (SSSR count). The summed E-state index contributed by atoms with van der Waals surface area (Å²) in [4.78, 5) is 0. The van der Waals surface area contributed by atoms with Crippen molar-refractivity contribution in [2.75, 3.05) is 0 Å². The van der Waals surface area contributed by atoms with Crippen LogP contribution < -0.4 is 4.74 Å². The number of rotatable bonds is 6. The Morgan fingerprint density at radius 3 is 2.14 bits per heavy atom. The maximum absolute atomic E-state index is 5.95. The molecule has 0 radical (unpaired) electrons. The highest BCUT2D eigenvalue weighted by Gasteiger charge is 2.17. The lowest BCUT2D eigenvalue weighted by molar-refractivity contribution is 0.305. The second-order valence-corrected chi connectivity index (χ2v) is 6.22. The van der Waals surface area contributed by atoms with Crippen molar-refractivity contribution in [3.63, 3.8) is 0 Å². The van der Waals surface area contributed by atoms with Gasteiger partial charge in [0, 0.05) is 5.88 Å². The summed E-state index contributed by atoms with van der Waals surface area (Å²) < 4.78 is 5.88. The zero-order valence-corrected chi connectivity index (χ0v) is 13.8. The van der Waals surface area contributed by atoms with Gasteiger partial charge in [0.25, 0.3) is 0 Å². The molecular weight excluding hydrogens is 280 g/mol. The molecule has 112 valence electrons.